The quantitative estimate of drug-likeness (QED) is 0.564. The van der Waals surface area contributed by atoms with Gasteiger partial charge in [0.25, 0.3) is 0 Å². The van der Waals surface area contributed by atoms with Gasteiger partial charge in [0, 0.05) is 45.1 Å². The van der Waals surface area contributed by atoms with Gasteiger partial charge in [-0.05, 0) is 44.3 Å². The fourth-order valence-corrected chi connectivity index (χ4v) is 2.93. The van der Waals surface area contributed by atoms with Crippen LogP contribution in [-0.2, 0) is 4.79 Å². The molecule has 0 aromatic carbocycles. The van der Waals surface area contributed by atoms with Crippen molar-refractivity contribution in [3.05, 3.63) is 18.5 Å². The fraction of sp³-hybridized carbons (Fsp3) is 0.706. The van der Waals surface area contributed by atoms with Crippen LogP contribution in [0.25, 0.3) is 0 Å². The summed E-state index contributed by atoms with van der Waals surface area (Å²) in [4.78, 5) is 25.0. The number of carbonyl (C=O) groups is 1. The van der Waals surface area contributed by atoms with Crippen LogP contribution in [-0.4, -0.2) is 73.1 Å². The van der Waals surface area contributed by atoms with E-state index in [1.165, 1.54) is 12.8 Å². The molecule has 1 aliphatic heterocycles. The van der Waals surface area contributed by atoms with E-state index < -0.39 is 0 Å². The number of halogens is 3. The molecule has 3 rings (SSSR count). The fourth-order valence-electron chi connectivity index (χ4n) is 2.93. The highest BCUT2D eigenvalue weighted by Gasteiger charge is 2.20. The number of carbonyl (C=O) groups excluding carboxylic acids is 1. The highest BCUT2D eigenvalue weighted by molar-refractivity contribution is 5.86. The summed E-state index contributed by atoms with van der Waals surface area (Å²) in [5, 5.41) is 6.21. The van der Waals surface area contributed by atoms with Gasteiger partial charge in [-0.3, -0.25) is 9.69 Å². The molecule has 1 amide bonds. The molecule has 0 atom stereocenters. The second kappa shape index (κ2) is 14.2. The molecule has 156 valence electrons. The summed E-state index contributed by atoms with van der Waals surface area (Å²) in [6.07, 6.45) is 7.21. The first-order chi connectivity index (χ1) is 11.8. The minimum absolute atomic E-state index is 0. The lowest BCUT2D eigenvalue weighted by Gasteiger charge is -2.34. The van der Waals surface area contributed by atoms with E-state index in [-0.39, 0.29) is 43.1 Å². The van der Waals surface area contributed by atoms with Crippen molar-refractivity contribution in [2.45, 2.75) is 19.3 Å². The highest BCUT2D eigenvalue weighted by atomic mass is 35.5. The first-order valence-corrected chi connectivity index (χ1v) is 9.03. The Balaban J connectivity index is 0.00000225. The van der Waals surface area contributed by atoms with Crippen molar-refractivity contribution in [3.63, 3.8) is 0 Å². The molecule has 1 aromatic heterocycles. The molecule has 2 N–H and O–H groups in total. The predicted molar refractivity (Wildman–Crippen MR) is 116 cm³/mol. The normalized spacial score (nSPS) is 16.5. The molecular weight excluding hydrogens is 411 g/mol. The SMILES string of the molecule is Cl.Cl.Cl.O=C(CNCC1CC1)NCCCN1CCN(c2ncccn2)CC1. The third kappa shape index (κ3) is 9.76. The maximum absolute atomic E-state index is 11.7. The van der Waals surface area contributed by atoms with Crippen LogP contribution in [0.4, 0.5) is 5.95 Å². The lowest BCUT2D eigenvalue weighted by molar-refractivity contribution is -0.120. The molecule has 0 unspecified atom stereocenters. The van der Waals surface area contributed by atoms with Crippen molar-refractivity contribution in [1.82, 2.24) is 25.5 Å². The van der Waals surface area contributed by atoms with Gasteiger partial charge >= 0.3 is 0 Å². The molecule has 0 radical (unpaired) electrons. The van der Waals surface area contributed by atoms with Crippen molar-refractivity contribution in [2.75, 3.05) is 57.3 Å². The molecule has 7 nitrogen and oxygen atoms in total. The van der Waals surface area contributed by atoms with Gasteiger partial charge in [0.15, 0.2) is 0 Å². The Hall–Kier alpha value is -0.860. The van der Waals surface area contributed by atoms with Gasteiger partial charge in [-0.15, -0.1) is 37.2 Å². The second-order valence-corrected chi connectivity index (χ2v) is 6.66. The zero-order chi connectivity index (χ0) is 16.6. The summed E-state index contributed by atoms with van der Waals surface area (Å²) in [5.74, 6) is 1.75. The first kappa shape index (κ1) is 26.1. The van der Waals surface area contributed by atoms with Crippen molar-refractivity contribution in [3.8, 4) is 0 Å². The van der Waals surface area contributed by atoms with Crippen LogP contribution in [0.1, 0.15) is 19.3 Å². The average Bonchev–Trinajstić information content (AvgIpc) is 3.44. The van der Waals surface area contributed by atoms with E-state index in [4.69, 9.17) is 0 Å². The molecule has 1 aliphatic carbocycles. The summed E-state index contributed by atoms with van der Waals surface area (Å²) in [6, 6.07) is 1.84. The first-order valence-electron chi connectivity index (χ1n) is 9.03. The topological polar surface area (TPSA) is 73.4 Å². The maximum Gasteiger partial charge on any atom is 0.233 e. The molecule has 1 saturated carbocycles. The van der Waals surface area contributed by atoms with Gasteiger partial charge in [0.1, 0.15) is 0 Å². The lowest BCUT2D eigenvalue weighted by Crippen LogP contribution is -2.47. The minimum atomic E-state index is 0. The molecule has 2 heterocycles. The predicted octanol–water partition coefficient (Wildman–Crippen LogP) is 1.37. The van der Waals surface area contributed by atoms with Gasteiger partial charge in [-0.1, -0.05) is 0 Å². The number of anilines is 1. The lowest BCUT2D eigenvalue weighted by atomic mass is 10.3. The van der Waals surface area contributed by atoms with E-state index in [9.17, 15) is 4.79 Å². The summed E-state index contributed by atoms with van der Waals surface area (Å²) in [5.41, 5.74) is 0. The maximum atomic E-state index is 11.7. The van der Waals surface area contributed by atoms with Crippen molar-refractivity contribution in [2.24, 2.45) is 5.92 Å². The Bertz CT molecular complexity index is 513. The highest BCUT2D eigenvalue weighted by Crippen LogP contribution is 2.27. The molecule has 1 saturated heterocycles. The number of amides is 1. The molecule has 1 aromatic rings. The summed E-state index contributed by atoms with van der Waals surface area (Å²) in [6.45, 7) is 7.19. The van der Waals surface area contributed by atoms with E-state index in [2.05, 4.69) is 30.4 Å². The van der Waals surface area contributed by atoms with Gasteiger partial charge in [-0.25, -0.2) is 9.97 Å². The monoisotopic (exact) mass is 440 g/mol. The minimum Gasteiger partial charge on any atom is -0.355 e. The largest absolute Gasteiger partial charge is 0.355 e. The van der Waals surface area contributed by atoms with Crippen LogP contribution in [0.3, 0.4) is 0 Å². The smallest absolute Gasteiger partial charge is 0.233 e. The Morgan fingerprint density at radius 3 is 2.37 bits per heavy atom. The van der Waals surface area contributed by atoms with Gasteiger partial charge in [-0.2, -0.15) is 0 Å². The van der Waals surface area contributed by atoms with Crippen LogP contribution in [0.15, 0.2) is 18.5 Å². The summed E-state index contributed by atoms with van der Waals surface area (Å²) >= 11 is 0. The van der Waals surface area contributed by atoms with Gasteiger partial charge in [0.05, 0.1) is 6.54 Å². The molecule has 2 aliphatic rings. The van der Waals surface area contributed by atoms with E-state index in [0.717, 1.165) is 64.1 Å². The molecule has 0 bridgehead atoms. The van der Waals surface area contributed by atoms with Crippen LogP contribution < -0.4 is 15.5 Å². The average molecular weight is 442 g/mol. The summed E-state index contributed by atoms with van der Waals surface area (Å²) < 4.78 is 0. The number of aromatic nitrogens is 2. The van der Waals surface area contributed by atoms with Crippen LogP contribution in [0, 0.1) is 5.92 Å². The third-order valence-electron chi connectivity index (χ3n) is 4.60. The number of piperazine rings is 1. The van der Waals surface area contributed by atoms with Gasteiger partial charge < -0.3 is 15.5 Å². The Labute approximate surface area is 180 Å². The van der Waals surface area contributed by atoms with Crippen molar-refractivity contribution >= 4 is 49.1 Å². The van der Waals surface area contributed by atoms with E-state index >= 15 is 0 Å². The Morgan fingerprint density at radius 2 is 1.74 bits per heavy atom. The second-order valence-electron chi connectivity index (χ2n) is 6.66. The van der Waals surface area contributed by atoms with E-state index in [1.54, 1.807) is 12.4 Å². The zero-order valence-corrected chi connectivity index (χ0v) is 18.0. The van der Waals surface area contributed by atoms with Crippen molar-refractivity contribution < 1.29 is 4.79 Å². The number of nitrogens with one attached hydrogen (secondary N) is 2. The standard InChI is InChI=1S/C17H28N6O.3ClH/c24-16(14-18-13-15-3-4-15)19-7-2-8-22-9-11-23(12-10-22)17-20-5-1-6-21-17;;;/h1,5-6,15,18H,2-4,7-14H2,(H,19,24);3*1H. The Kier molecular flexibility index (Phi) is 13.7. The van der Waals surface area contributed by atoms with Crippen LogP contribution in [0.2, 0.25) is 0 Å². The number of hydrogen-bond acceptors (Lipinski definition) is 6. The Morgan fingerprint density at radius 1 is 1.07 bits per heavy atom. The van der Waals surface area contributed by atoms with Crippen LogP contribution >= 0.6 is 37.2 Å². The molecule has 27 heavy (non-hydrogen) atoms. The van der Waals surface area contributed by atoms with E-state index in [0.29, 0.717) is 6.54 Å². The molecule has 2 fully saturated rings. The molecular formula is C17H31Cl3N6O. The molecule has 10 heteroatoms. The zero-order valence-electron chi connectivity index (χ0n) is 15.5. The number of rotatable bonds is 9. The van der Waals surface area contributed by atoms with E-state index in [1.807, 2.05) is 6.07 Å². The van der Waals surface area contributed by atoms with Crippen molar-refractivity contribution in [1.29, 1.82) is 0 Å². The molecule has 0 spiro atoms. The number of nitrogens with zero attached hydrogens (tertiary/aromatic N) is 4. The number of hydrogen-bond donors (Lipinski definition) is 2. The van der Waals surface area contributed by atoms with Crippen LogP contribution in [0.5, 0.6) is 0 Å². The van der Waals surface area contributed by atoms with Gasteiger partial charge in [0.2, 0.25) is 11.9 Å². The third-order valence-corrected chi connectivity index (χ3v) is 4.60. The summed E-state index contributed by atoms with van der Waals surface area (Å²) in [7, 11) is 0.